The number of nitro groups is 1. The molecule has 0 bridgehead atoms. The van der Waals surface area contributed by atoms with Gasteiger partial charge in [0.2, 0.25) is 0 Å². The molecule has 0 heterocycles. The number of benzene rings is 2. The number of nitro benzene ring substituents is 1. The van der Waals surface area contributed by atoms with Gasteiger partial charge >= 0.3 is 0 Å². The summed E-state index contributed by atoms with van der Waals surface area (Å²) in [5.74, 6) is -1.48. The molecule has 2 aromatic carbocycles. The lowest BCUT2D eigenvalue weighted by Crippen LogP contribution is -1.96. The van der Waals surface area contributed by atoms with Crippen molar-refractivity contribution in [1.29, 1.82) is 0 Å². The Kier molecular flexibility index (Phi) is 3.33. The van der Waals surface area contributed by atoms with Crippen molar-refractivity contribution in [1.82, 2.24) is 0 Å². The molecule has 19 heavy (non-hydrogen) atoms. The molecular formula is C13H7F2NO3. The number of hydrogen-bond donors (Lipinski definition) is 0. The fourth-order valence-corrected chi connectivity index (χ4v) is 1.70. The summed E-state index contributed by atoms with van der Waals surface area (Å²) in [4.78, 5) is 20.8. The first-order valence-electron chi connectivity index (χ1n) is 5.22. The lowest BCUT2D eigenvalue weighted by atomic mass is 10.0. The van der Waals surface area contributed by atoms with E-state index in [0.717, 1.165) is 24.3 Å². The molecule has 0 aliphatic carbocycles. The third-order valence-electron chi connectivity index (χ3n) is 2.57. The molecule has 0 aromatic heterocycles. The van der Waals surface area contributed by atoms with Gasteiger partial charge in [-0.3, -0.25) is 14.9 Å². The topological polar surface area (TPSA) is 60.2 Å². The number of nitrogens with zero attached hydrogens (tertiary/aromatic N) is 1. The van der Waals surface area contributed by atoms with Crippen molar-refractivity contribution in [3.05, 3.63) is 63.7 Å². The van der Waals surface area contributed by atoms with Crippen LogP contribution in [0.15, 0.2) is 36.4 Å². The molecular weight excluding hydrogens is 256 g/mol. The first-order valence-corrected chi connectivity index (χ1v) is 5.22. The van der Waals surface area contributed by atoms with E-state index < -0.39 is 22.2 Å². The average molecular weight is 263 g/mol. The van der Waals surface area contributed by atoms with Crippen LogP contribution in [0.2, 0.25) is 0 Å². The standard InChI is InChI=1S/C13H7F2NO3/c14-9-2-4-12(15)11(6-9)10-3-1-8(7-17)5-13(10)16(18)19/h1-7H. The van der Waals surface area contributed by atoms with Crippen molar-refractivity contribution in [2.24, 2.45) is 0 Å². The number of carbonyl (C=O) groups is 1. The monoisotopic (exact) mass is 263 g/mol. The van der Waals surface area contributed by atoms with Crippen LogP contribution < -0.4 is 0 Å². The van der Waals surface area contributed by atoms with Crippen molar-refractivity contribution < 1.29 is 18.5 Å². The summed E-state index contributed by atoms with van der Waals surface area (Å²) in [7, 11) is 0. The first-order chi connectivity index (χ1) is 9.02. The fourth-order valence-electron chi connectivity index (χ4n) is 1.70. The van der Waals surface area contributed by atoms with Crippen molar-refractivity contribution in [2.45, 2.75) is 0 Å². The van der Waals surface area contributed by atoms with E-state index in [9.17, 15) is 23.7 Å². The van der Waals surface area contributed by atoms with Crippen LogP contribution in [0.4, 0.5) is 14.5 Å². The van der Waals surface area contributed by atoms with Crippen LogP contribution in [0.5, 0.6) is 0 Å². The SMILES string of the molecule is O=Cc1ccc(-c2cc(F)ccc2F)c([N+](=O)[O-])c1. The number of rotatable bonds is 3. The Morgan fingerprint density at radius 1 is 1.05 bits per heavy atom. The lowest BCUT2D eigenvalue weighted by Gasteiger charge is -2.05. The molecule has 4 nitrogen and oxygen atoms in total. The second-order valence-corrected chi connectivity index (χ2v) is 3.78. The summed E-state index contributed by atoms with van der Waals surface area (Å²) in [6.07, 6.45) is 0.443. The Hall–Kier alpha value is -2.63. The fraction of sp³-hybridized carbons (Fsp3) is 0. The van der Waals surface area contributed by atoms with Crippen LogP contribution in [0.1, 0.15) is 10.4 Å². The molecule has 0 unspecified atom stereocenters. The number of hydrogen-bond acceptors (Lipinski definition) is 3. The second-order valence-electron chi connectivity index (χ2n) is 3.78. The molecule has 0 aliphatic rings. The molecule has 2 rings (SSSR count). The van der Waals surface area contributed by atoms with E-state index in [0.29, 0.717) is 6.29 Å². The van der Waals surface area contributed by atoms with E-state index in [4.69, 9.17) is 0 Å². The maximum atomic E-state index is 13.6. The summed E-state index contributed by atoms with van der Waals surface area (Å²) < 4.78 is 26.7. The predicted octanol–water partition coefficient (Wildman–Crippen LogP) is 3.35. The summed E-state index contributed by atoms with van der Waals surface area (Å²) in [5.41, 5.74) is -0.655. The number of carbonyl (C=O) groups excluding carboxylic acids is 1. The molecule has 0 spiro atoms. The Balaban J connectivity index is 2.71. The highest BCUT2D eigenvalue weighted by atomic mass is 19.1. The molecule has 0 fully saturated rings. The summed E-state index contributed by atoms with van der Waals surface area (Å²) in [6, 6.07) is 6.23. The maximum absolute atomic E-state index is 13.6. The van der Waals surface area contributed by atoms with Crippen LogP contribution in [-0.4, -0.2) is 11.2 Å². The quantitative estimate of drug-likeness (QED) is 0.484. The zero-order chi connectivity index (χ0) is 14.0. The molecule has 0 N–H and O–H groups in total. The minimum absolute atomic E-state index is 0.0763. The van der Waals surface area contributed by atoms with Gasteiger partial charge in [0.15, 0.2) is 0 Å². The molecule has 6 heteroatoms. The van der Waals surface area contributed by atoms with E-state index in [1.807, 2.05) is 0 Å². The number of aldehydes is 1. The normalized spacial score (nSPS) is 10.2. The van der Waals surface area contributed by atoms with E-state index in [2.05, 4.69) is 0 Å². The highest BCUT2D eigenvalue weighted by molar-refractivity contribution is 5.82. The van der Waals surface area contributed by atoms with Gasteiger partial charge < -0.3 is 0 Å². The van der Waals surface area contributed by atoms with E-state index in [-0.39, 0.29) is 16.7 Å². The number of halogens is 2. The van der Waals surface area contributed by atoms with Gasteiger partial charge in [-0.25, -0.2) is 8.78 Å². The van der Waals surface area contributed by atoms with Crippen molar-refractivity contribution in [3.63, 3.8) is 0 Å². The van der Waals surface area contributed by atoms with Crippen LogP contribution >= 0.6 is 0 Å². The highest BCUT2D eigenvalue weighted by Gasteiger charge is 2.19. The molecule has 0 radical (unpaired) electrons. The van der Waals surface area contributed by atoms with Gasteiger partial charge in [-0.05, 0) is 24.3 Å². The molecule has 0 saturated carbocycles. The minimum atomic E-state index is -0.775. The molecule has 0 atom stereocenters. The van der Waals surface area contributed by atoms with E-state index in [1.165, 1.54) is 12.1 Å². The van der Waals surface area contributed by atoms with Crippen molar-refractivity contribution in [3.8, 4) is 11.1 Å². The Morgan fingerprint density at radius 3 is 2.42 bits per heavy atom. The molecule has 0 amide bonds. The smallest absolute Gasteiger partial charge is 0.278 e. The molecule has 0 aliphatic heterocycles. The van der Waals surface area contributed by atoms with E-state index >= 15 is 0 Å². The molecule has 0 saturated heterocycles. The summed E-state index contributed by atoms with van der Waals surface area (Å²) >= 11 is 0. The highest BCUT2D eigenvalue weighted by Crippen LogP contribution is 2.32. The van der Waals surface area contributed by atoms with Crippen LogP contribution in [-0.2, 0) is 0 Å². The minimum Gasteiger partial charge on any atom is -0.298 e. The van der Waals surface area contributed by atoms with E-state index in [1.54, 1.807) is 0 Å². The predicted molar refractivity (Wildman–Crippen MR) is 63.8 cm³/mol. The largest absolute Gasteiger partial charge is 0.298 e. The Labute approximate surface area is 106 Å². The molecule has 96 valence electrons. The third-order valence-corrected chi connectivity index (χ3v) is 2.57. The Morgan fingerprint density at radius 2 is 1.79 bits per heavy atom. The maximum Gasteiger partial charge on any atom is 0.278 e. The van der Waals surface area contributed by atoms with Gasteiger partial charge in [0.25, 0.3) is 5.69 Å². The summed E-state index contributed by atoms with van der Waals surface area (Å²) in [5, 5.41) is 10.9. The van der Waals surface area contributed by atoms with Crippen LogP contribution in [0.3, 0.4) is 0 Å². The zero-order valence-electron chi connectivity index (χ0n) is 9.47. The van der Waals surface area contributed by atoms with Crippen LogP contribution in [0, 0.1) is 21.7 Å². The van der Waals surface area contributed by atoms with Gasteiger partial charge in [0.05, 0.1) is 10.5 Å². The van der Waals surface area contributed by atoms with Gasteiger partial charge in [-0.2, -0.15) is 0 Å². The Bertz CT molecular complexity index is 671. The van der Waals surface area contributed by atoms with Gasteiger partial charge in [0, 0.05) is 17.2 Å². The van der Waals surface area contributed by atoms with Crippen molar-refractivity contribution in [2.75, 3.05) is 0 Å². The summed E-state index contributed by atoms with van der Waals surface area (Å²) in [6.45, 7) is 0. The van der Waals surface area contributed by atoms with Crippen molar-refractivity contribution >= 4 is 12.0 Å². The van der Waals surface area contributed by atoms with Crippen LogP contribution in [0.25, 0.3) is 11.1 Å². The van der Waals surface area contributed by atoms with Gasteiger partial charge in [-0.1, -0.05) is 6.07 Å². The molecule has 2 aromatic rings. The van der Waals surface area contributed by atoms with Gasteiger partial charge in [-0.15, -0.1) is 0 Å². The third kappa shape index (κ3) is 2.47. The lowest BCUT2D eigenvalue weighted by molar-refractivity contribution is -0.384. The average Bonchev–Trinajstić information content (AvgIpc) is 2.40. The zero-order valence-corrected chi connectivity index (χ0v) is 9.47. The first kappa shape index (κ1) is 12.8. The second kappa shape index (κ2) is 4.93. The van der Waals surface area contributed by atoms with Gasteiger partial charge in [0.1, 0.15) is 17.9 Å².